The van der Waals surface area contributed by atoms with Crippen LogP contribution < -0.4 is 84.3 Å². The normalized spacial score (nSPS) is 28.9. The molecule has 6 heterocycles. The molecule has 244 valence electrons. The number of nitrogens with one attached hydrogen (secondary N) is 2. The monoisotopic (exact) mass is 720 g/mol. The van der Waals surface area contributed by atoms with E-state index in [-0.39, 0.29) is 0 Å². The van der Waals surface area contributed by atoms with Gasteiger partial charge in [0.15, 0.2) is 12.0 Å². The Morgan fingerprint density at radius 2 is 0.500 bits per heavy atom. The first kappa shape index (κ1) is 43.1. The number of hydrogen-bond donors (Lipinski definition) is 2. The van der Waals surface area contributed by atoms with E-state index in [4.69, 9.17) is 97.7 Å². The fourth-order valence-corrected chi connectivity index (χ4v) is 4.87. The number of alkyl halides is 2. The third-order valence-corrected chi connectivity index (χ3v) is 7.16. The van der Waals surface area contributed by atoms with Gasteiger partial charge in [-0.1, -0.05) is 23.2 Å². The Bertz CT molecular complexity index is 533. The number of rotatable bonds is 2. The first-order chi connectivity index (χ1) is 17.7. The largest absolute Gasteiger partial charge is 0.321 e. The topological polar surface area (TPSA) is 378 Å². The highest BCUT2D eigenvalue weighted by atomic mass is 35.7. The Balaban J connectivity index is 0. The van der Waals surface area contributed by atoms with E-state index < -0.39 is 41.0 Å². The van der Waals surface area contributed by atoms with Gasteiger partial charge in [0.1, 0.15) is 78.5 Å². The van der Waals surface area contributed by atoms with Gasteiger partial charge in [0.05, 0.1) is 0 Å². The zero-order chi connectivity index (χ0) is 32.1. The summed E-state index contributed by atoms with van der Waals surface area (Å²) in [6.45, 7) is 16.0. The third-order valence-electron chi connectivity index (χ3n) is 6.15. The summed E-state index contributed by atoms with van der Waals surface area (Å²) in [6, 6.07) is 1.68. The molecular formula is C14H30Cl6N4O16. The average Bonchev–Trinajstić information content (AvgIpc) is 2.78. The molecule has 0 aromatic heterocycles. The summed E-state index contributed by atoms with van der Waals surface area (Å²) in [6.07, 6.45) is 0. The lowest BCUT2D eigenvalue weighted by Gasteiger charge is -2.46. The van der Waals surface area contributed by atoms with Gasteiger partial charge in [0, 0.05) is 0 Å². The maximum absolute atomic E-state index is 8.49. The van der Waals surface area contributed by atoms with Gasteiger partial charge in [-0.05, 0) is 0 Å². The van der Waals surface area contributed by atoms with Crippen molar-refractivity contribution in [2.75, 3.05) is 90.5 Å². The van der Waals surface area contributed by atoms with E-state index in [0.717, 1.165) is 12.0 Å². The van der Waals surface area contributed by atoms with Gasteiger partial charge >= 0.3 is 0 Å². The number of fused-ring (bicyclic) bond motifs is 6. The molecule has 26 heteroatoms. The summed E-state index contributed by atoms with van der Waals surface area (Å²) in [5, 5.41) is 0. The van der Waals surface area contributed by atoms with Crippen molar-refractivity contribution in [2.24, 2.45) is 0 Å². The third kappa shape index (κ3) is 30.4. The summed E-state index contributed by atoms with van der Waals surface area (Å²) in [5.74, 6) is 0. The molecule has 0 aromatic rings. The second kappa shape index (κ2) is 18.7. The molecule has 0 saturated carbocycles. The van der Waals surface area contributed by atoms with Crippen molar-refractivity contribution in [1.29, 1.82) is 0 Å². The van der Waals surface area contributed by atoms with Crippen molar-refractivity contribution in [1.82, 2.24) is 0 Å². The molecule has 0 aromatic carbocycles. The minimum Gasteiger partial charge on any atom is -0.321 e. The average molecular weight is 723 g/mol. The summed E-state index contributed by atoms with van der Waals surface area (Å²) >= 11 is 11.8. The number of halogens is 6. The van der Waals surface area contributed by atoms with Crippen LogP contribution in [0, 0.1) is 41.0 Å². The number of piperazine rings is 6. The molecule has 0 spiro atoms. The predicted molar refractivity (Wildman–Crippen MR) is 82.3 cm³/mol. The fraction of sp³-hybridized carbons (Fsp3) is 1.00. The van der Waals surface area contributed by atoms with Crippen LogP contribution in [0.15, 0.2) is 0 Å². The van der Waals surface area contributed by atoms with Crippen LogP contribution in [0.1, 0.15) is 0 Å². The molecule has 0 atom stereocenters. The summed E-state index contributed by atoms with van der Waals surface area (Å²) < 4.78 is 138. The Morgan fingerprint density at radius 3 is 0.575 bits per heavy atom. The molecule has 0 amide bonds. The van der Waals surface area contributed by atoms with Gasteiger partial charge in [-0.3, -0.25) is 8.97 Å². The van der Waals surface area contributed by atoms with E-state index in [1.54, 1.807) is 9.80 Å². The molecule has 40 heavy (non-hydrogen) atoms. The quantitative estimate of drug-likeness (QED) is 0.152. The molecule has 0 aliphatic carbocycles. The van der Waals surface area contributed by atoms with E-state index in [1.165, 1.54) is 87.5 Å². The Morgan fingerprint density at radius 1 is 0.375 bits per heavy atom. The molecule has 2 N–H and O–H groups in total. The minimum atomic E-state index is -4.94. The molecule has 6 aliphatic rings. The van der Waals surface area contributed by atoms with Crippen molar-refractivity contribution >= 4 is 23.2 Å². The predicted octanol–water partition coefficient (Wildman–Crippen LogP) is -21.2. The van der Waals surface area contributed by atoms with Crippen molar-refractivity contribution in [3.63, 3.8) is 0 Å². The lowest BCUT2D eigenvalue weighted by molar-refractivity contribution is -2.00. The first-order valence-electron chi connectivity index (χ1n) is 10.7. The van der Waals surface area contributed by atoms with Gasteiger partial charge in [-0.15, -0.1) is 41.0 Å². The van der Waals surface area contributed by atoms with Gasteiger partial charge in [-0.2, -0.15) is 0 Å². The van der Waals surface area contributed by atoms with Crippen molar-refractivity contribution in [2.45, 2.75) is 0 Å². The second-order valence-electron chi connectivity index (χ2n) is 8.78. The van der Waals surface area contributed by atoms with Gasteiger partial charge in [0.2, 0.25) is 0 Å². The fourth-order valence-electron chi connectivity index (χ4n) is 4.15. The standard InChI is InChI=1S/2C7H14ClN2.4ClHO4/c2*8-7-10-4-1-9(2-5-10)3-6-10;4*2-1(3,4)5/h2*1-7H2;4*(H,2,3,4,5)/q2*+1;;;;/p-2. The highest BCUT2D eigenvalue weighted by molar-refractivity contribution is 6.17. The highest BCUT2D eigenvalue weighted by Gasteiger charge is 2.41. The summed E-state index contributed by atoms with van der Waals surface area (Å²) in [7, 11) is -19.8. The summed E-state index contributed by atoms with van der Waals surface area (Å²) in [4.78, 5) is 3.59. The molecule has 20 nitrogen and oxygen atoms in total. The maximum Gasteiger partial charge on any atom is 0.155 e. The SMILES string of the molecule is ClC[N+]12CC[NH+](CC1)CC2.ClC[N+]12CC[NH+](CC1)CC2.[O-][Cl+3]([O-])([O-])[O-].[O-][Cl+3]([O-])([O-])[O-].[O-][Cl+3]([O-])([O-])[O-].[O-][Cl+3]([O-])([O-])[O-]. The van der Waals surface area contributed by atoms with Crippen LogP contribution in [0.2, 0.25) is 0 Å². The van der Waals surface area contributed by atoms with Crippen LogP contribution in [0.4, 0.5) is 0 Å². The van der Waals surface area contributed by atoms with Gasteiger partial charge in [-0.25, -0.2) is 74.5 Å². The van der Waals surface area contributed by atoms with Gasteiger partial charge in [0.25, 0.3) is 0 Å². The molecule has 6 aliphatic heterocycles. The van der Waals surface area contributed by atoms with Crippen LogP contribution in [-0.2, 0) is 0 Å². The van der Waals surface area contributed by atoms with E-state index in [0.29, 0.717) is 0 Å². The van der Waals surface area contributed by atoms with Crippen LogP contribution >= 0.6 is 23.2 Å². The molecular weight excluding hydrogens is 693 g/mol. The second-order valence-corrected chi connectivity index (χ2v) is 12.3. The van der Waals surface area contributed by atoms with Crippen LogP contribution in [0.5, 0.6) is 0 Å². The molecule has 0 radical (unpaired) electrons. The van der Waals surface area contributed by atoms with Crippen LogP contribution in [0.25, 0.3) is 0 Å². The van der Waals surface area contributed by atoms with E-state index in [1.807, 2.05) is 0 Å². The highest BCUT2D eigenvalue weighted by Crippen LogP contribution is 2.11. The zero-order valence-corrected chi connectivity index (χ0v) is 25.1. The number of hydrogen-bond acceptors (Lipinski definition) is 16. The molecule has 6 rings (SSSR count). The smallest absolute Gasteiger partial charge is 0.155 e. The first-order valence-corrected chi connectivity index (χ1v) is 16.7. The Labute approximate surface area is 247 Å². The van der Waals surface area contributed by atoms with E-state index >= 15 is 0 Å². The van der Waals surface area contributed by atoms with Crippen molar-refractivity contribution < 1.29 is 134 Å². The molecule has 6 fully saturated rings. The maximum atomic E-state index is 8.49. The zero-order valence-electron chi connectivity index (χ0n) is 20.6. The Kier molecular flexibility index (Phi) is 20.1. The van der Waals surface area contributed by atoms with Crippen molar-refractivity contribution in [3.05, 3.63) is 0 Å². The minimum absolute atomic E-state index is 0.841. The van der Waals surface area contributed by atoms with Gasteiger partial charge < -0.3 is 9.80 Å². The molecule has 0 unspecified atom stereocenters. The van der Waals surface area contributed by atoms with Crippen LogP contribution in [0.3, 0.4) is 0 Å². The van der Waals surface area contributed by atoms with Crippen LogP contribution in [-0.4, -0.2) is 99.5 Å². The Hall–Kier alpha value is 0.940. The molecule has 4 bridgehead atoms. The molecule has 6 saturated heterocycles. The number of nitrogens with zero attached hydrogens (tertiary/aromatic N) is 2. The van der Waals surface area contributed by atoms with Crippen molar-refractivity contribution in [3.8, 4) is 0 Å². The lowest BCUT2D eigenvalue weighted by atomic mass is 10.2. The lowest BCUT2D eigenvalue weighted by Crippen LogP contribution is -3.19. The van der Waals surface area contributed by atoms with E-state index in [2.05, 4.69) is 0 Å². The summed E-state index contributed by atoms with van der Waals surface area (Å²) in [5.41, 5.74) is 0. The van der Waals surface area contributed by atoms with E-state index in [9.17, 15) is 0 Å². The number of quaternary nitrogens is 4.